The van der Waals surface area contributed by atoms with E-state index in [1.165, 1.54) is 17.7 Å². The molecule has 0 radical (unpaired) electrons. The molecule has 1 aromatic heterocycles. The van der Waals surface area contributed by atoms with Crippen molar-refractivity contribution in [1.29, 1.82) is 0 Å². The lowest BCUT2D eigenvalue weighted by atomic mass is 10.2. The van der Waals surface area contributed by atoms with Gasteiger partial charge in [0.15, 0.2) is 0 Å². The number of fused-ring (bicyclic) bond motifs is 1. The van der Waals surface area contributed by atoms with Crippen molar-refractivity contribution < 1.29 is 0 Å². The number of piperazine rings is 1. The normalized spacial score (nSPS) is 20.2. The van der Waals surface area contributed by atoms with Crippen LogP contribution in [0.3, 0.4) is 0 Å². The number of nitrogens with zero attached hydrogens (tertiary/aromatic N) is 4. The van der Waals surface area contributed by atoms with Crippen LogP contribution in [0.5, 0.6) is 0 Å². The fourth-order valence-corrected chi connectivity index (χ4v) is 3.10. The van der Waals surface area contributed by atoms with Crippen molar-refractivity contribution in [3.8, 4) is 0 Å². The fraction of sp³-hybridized carbons (Fsp3) is 0.692. The lowest BCUT2D eigenvalue weighted by Gasteiger charge is -2.35. The summed E-state index contributed by atoms with van der Waals surface area (Å²) in [6, 6.07) is 0. The molecule has 0 saturated carbocycles. The highest BCUT2D eigenvalue weighted by molar-refractivity contribution is 6.28. The topological polar surface area (TPSA) is 32.3 Å². The summed E-state index contributed by atoms with van der Waals surface area (Å²) in [4.78, 5) is 13.7. The van der Waals surface area contributed by atoms with E-state index in [9.17, 15) is 0 Å². The molecular weight excluding hydrogens is 248 g/mol. The predicted octanol–water partition coefficient (Wildman–Crippen LogP) is 1.76. The maximum atomic E-state index is 6.04. The highest BCUT2D eigenvalue weighted by atomic mass is 35.5. The molecule has 1 aliphatic carbocycles. The van der Waals surface area contributed by atoms with Gasteiger partial charge in [-0.25, -0.2) is 9.97 Å². The molecule has 0 bridgehead atoms. The molecule has 4 nitrogen and oxygen atoms in total. The van der Waals surface area contributed by atoms with Crippen molar-refractivity contribution in [2.24, 2.45) is 0 Å². The van der Waals surface area contributed by atoms with Gasteiger partial charge < -0.3 is 9.80 Å². The number of likely N-dealkylation sites (N-methyl/N-ethyl adjacent to an activating group) is 1. The second-order valence-electron chi connectivity index (χ2n) is 5.02. The van der Waals surface area contributed by atoms with Gasteiger partial charge in [0.05, 0.1) is 5.69 Å². The average molecular weight is 267 g/mol. The van der Waals surface area contributed by atoms with Crippen LogP contribution in [0.15, 0.2) is 0 Å². The average Bonchev–Trinajstić information content (AvgIpc) is 2.86. The van der Waals surface area contributed by atoms with Crippen LogP contribution in [0.2, 0.25) is 5.28 Å². The van der Waals surface area contributed by atoms with Gasteiger partial charge in [-0.2, -0.15) is 0 Å². The molecule has 98 valence electrons. The summed E-state index contributed by atoms with van der Waals surface area (Å²) >= 11 is 6.04. The monoisotopic (exact) mass is 266 g/mol. The lowest BCUT2D eigenvalue weighted by molar-refractivity contribution is 0.270. The van der Waals surface area contributed by atoms with Gasteiger partial charge in [-0.1, -0.05) is 6.92 Å². The summed E-state index contributed by atoms with van der Waals surface area (Å²) in [5, 5.41) is 0.406. The molecule has 2 heterocycles. The molecule has 18 heavy (non-hydrogen) atoms. The van der Waals surface area contributed by atoms with Gasteiger partial charge in [0.2, 0.25) is 5.28 Å². The van der Waals surface area contributed by atoms with Crippen molar-refractivity contribution in [1.82, 2.24) is 14.9 Å². The smallest absolute Gasteiger partial charge is 0.224 e. The first kappa shape index (κ1) is 12.2. The van der Waals surface area contributed by atoms with E-state index >= 15 is 0 Å². The standard InChI is InChI=1S/C13H19ClN4/c1-2-17-6-8-18(9-7-17)12-10-4-3-5-11(10)15-13(14)16-12/h2-9H2,1H3. The van der Waals surface area contributed by atoms with E-state index in [1.54, 1.807) is 0 Å². The quantitative estimate of drug-likeness (QED) is 0.764. The minimum absolute atomic E-state index is 0.406. The molecule has 1 saturated heterocycles. The van der Waals surface area contributed by atoms with Crippen LogP contribution in [0, 0.1) is 0 Å². The van der Waals surface area contributed by atoms with Gasteiger partial charge >= 0.3 is 0 Å². The van der Waals surface area contributed by atoms with Crippen LogP contribution in [-0.4, -0.2) is 47.6 Å². The molecule has 0 atom stereocenters. The second kappa shape index (κ2) is 5.02. The summed E-state index contributed by atoms with van der Waals surface area (Å²) in [7, 11) is 0. The minimum Gasteiger partial charge on any atom is -0.354 e. The molecule has 0 spiro atoms. The molecule has 2 aliphatic rings. The molecule has 0 N–H and O–H groups in total. The number of aryl methyl sites for hydroxylation is 1. The molecular formula is C13H19ClN4. The highest BCUT2D eigenvalue weighted by Gasteiger charge is 2.24. The lowest BCUT2D eigenvalue weighted by Crippen LogP contribution is -2.46. The fourth-order valence-electron chi connectivity index (χ4n) is 2.92. The molecule has 0 amide bonds. The van der Waals surface area contributed by atoms with Crippen LogP contribution in [-0.2, 0) is 12.8 Å². The Morgan fingerprint density at radius 2 is 1.89 bits per heavy atom. The van der Waals surface area contributed by atoms with Crippen LogP contribution >= 0.6 is 11.6 Å². The maximum absolute atomic E-state index is 6.04. The van der Waals surface area contributed by atoms with Gasteiger partial charge in [0.25, 0.3) is 0 Å². The van der Waals surface area contributed by atoms with Gasteiger partial charge in [0.1, 0.15) is 5.82 Å². The van der Waals surface area contributed by atoms with Crippen molar-refractivity contribution in [2.45, 2.75) is 26.2 Å². The first-order chi connectivity index (χ1) is 8.78. The Labute approximate surface area is 113 Å². The number of anilines is 1. The Kier molecular flexibility index (Phi) is 3.39. The Hall–Kier alpha value is -0.870. The SMILES string of the molecule is CCN1CCN(c2nc(Cl)nc3c2CCC3)CC1. The van der Waals surface area contributed by atoms with Crippen molar-refractivity contribution in [3.63, 3.8) is 0 Å². The van der Waals surface area contributed by atoms with Crippen molar-refractivity contribution in [3.05, 3.63) is 16.5 Å². The molecule has 1 aromatic rings. The zero-order valence-electron chi connectivity index (χ0n) is 10.8. The molecule has 0 unspecified atom stereocenters. The van der Waals surface area contributed by atoms with Crippen molar-refractivity contribution in [2.75, 3.05) is 37.6 Å². The third kappa shape index (κ3) is 2.19. The number of hydrogen-bond acceptors (Lipinski definition) is 4. The Morgan fingerprint density at radius 1 is 1.11 bits per heavy atom. The number of rotatable bonds is 2. The van der Waals surface area contributed by atoms with Crippen molar-refractivity contribution >= 4 is 17.4 Å². The van der Waals surface area contributed by atoms with E-state index in [2.05, 4.69) is 26.7 Å². The zero-order valence-corrected chi connectivity index (χ0v) is 11.6. The van der Waals surface area contributed by atoms with E-state index in [0.717, 1.165) is 51.4 Å². The van der Waals surface area contributed by atoms with Gasteiger partial charge in [-0.15, -0.1) is 0 Å². The predicted molar refractivity (Wildman–Crippen MR) is 73.4 cm³/mol. The third-order valence-electron chi connectivity index (χ3n) is 4.00. The molecule has 3 rings (SSSR count). The minimum atomic E-state index is 0.406. The first-order valence-corrected chi connectivity index (χ1v) is 7.18. The van der Waals surface area contributed by atoms with E-state index in [4.69, 9.17) is 11.6 Å². The van der Waals surface area contributed by atoms with Crippen LogP contribution in [0.25, 0.3) is 0 Å². The maximum Gasteiger partial charge on any atom is 0.224 e. The van der Waals surface area contributed by atoms with E-state index in [-0.39, 0.29) is 0 Å². The van der Waals surface area contributed by atoms with E-state index in [0.29, 0.717) is 5.28 Å². The Balaban J connectivity index is 1.84. The summed E-state index contributed by atoms with van der Waals surface area (Å²) in [6.45, 7) is 7.69. The van der Waals surface area contributed by atoms with E-state index < -0.39 is 0 Å². The van der Waals surface area contributed by atoms with Gasteiger partial charge in [-0.05, 0) is 37.4 Å². The Morgan fingerprint density at radius 3 is 2.61 bits per heavy atom. The summed E-state index contributed by atoms with van der Waals surface area (Å²) in [5.74, 6) is 1.10. The summed E-state index contributed by atoms with van der Waals surface area (Å²) < 4.78 is 0. The molecule has 5 heteroatoms. The summed E-state index contributed by atoms with van der Waals surface area (Å²) in [5.41, 5.74) is 2.51. The second-order valence-corrected chi connectivity index (χ2v) is 5.35. The zero-order chi connectivity index (χ0) is 12.5. The highest BCUT2D eigenvalue weighted by Crippen LogP contribution is 2.30. The summed E-state index contributed by atoms with van der Waals surface area (Å²) in [6.07, 6.45) is 3.35. The third-order valence-corrected chi connectivity index (χ3v) is 4.17. The number of halogens is 1. The van der Waals surface area contributed by atoms with E-state index in [1.807, 2.05) is 0 Å². The van der Waals surface area contributed by atoms with Crippen LogP contribution in [0.1, 0.15) is 24.6 Å². The number of aromatic nitrogens is 2. The van der Waals surface area contributed by atoms with Gasteiger partial charge in [-0.3, -0.25) is 0 Å². The molecule has 0 aromatic carbocycles. The molecule has 1 fully saturated rings. The van der Waals surface area contributed by atoms with Gasteiger partial charge in [0, 0.05) is 31.7 Å². The van der Waals surface area contributed by atoms with Crippen LogP contribution in [0.4, 0.5) is 5.82 Å². The largest absolute Gasteiger partial charge is 0.354 e. The first-order valence-electron chi connectivity index (χ1n) is 6.80. The van der Waals surface area contributed by atoms with Crippen LogP contribution < -0.4 is 4.90 Å². The number of hydrogen-bond donors (Lipinski definition) is 0. The molecule has 1 aliphatic heterocycles. The Bertz CT molecular complexity index is 441.